The number of nitrogens with zero attached hydrogens (tertiary/aromatic N) is 1. The van der Waals surface area contributed by atoms with Gasteiger partial charge in [-0.1, -0.05) is 18.2 Å². The molecule has 0 atom stereocenters. The first-order valence-corrected chi connectivity index (χ1v) is 6.21. The van der Waals surface area contributed by atoms with E-state index in [9.17, 15) is 4.79 Å². The van der Waals surface area contributed by atoms with Gasteiger partial charge in [-0.2, -0.15) is 0 Å². The summed E-state index contributed by atoms with van der Waals surface area (Å²) in [7, 11) is 1.43. The highest BCUT2D eigenvalue weighted by Gasteiger charge is 2.21. The fraction of sp³-hybridized carbons (Fsp3) is 0.357. The van der Waals surface area contributed by atoms with Crippen LogP contribution >= 0.6 is 0 Å². The summed E-state index contributed by atoms with van der Waals surface area (Å²) in [6.07, 6.45) is 1.51. The number of para-hydroxylation sites is 1. The van der Waals surface area contributed by atoms with Crippen molar-refractivity contribution in [2.24, 2.45) is 0 Å². The molecule has 0 saturated heterocycles. The van der Waals surface area contributed by atoms with Crippen molar-refractivity contribution in [3.8, 4) is 0 Å². The molecule has 94 valence electrons. The normalized spacial score (nSPS) is 15.3. The topological polar surface area (TPSA) is 45.3 Å². The van der Waals surface area contributed by atoms with Crippen LogP contribution in [0.5, 0.6) is 0 Å². The number of fused-ring (bicyclic) bond motifs is 3. The monoisotopic (exact) mass is 244 g/mol. The van der Waals surface area contributed by atoms with Crippen molar-refractivity contribution in [2.75, 3.05) is 20.2 Å². The number of aromatic amines is 1. The van der Waals surface area contributed by atoms with Crippen molar-refractivity contribution >= 4 is 17.0 Å². The van der Waals surface area contributed by atoms with Gasteiger partial charge in [-0.25, -0.2) is 4.79 Å². The lowest BCUT2D eigenvalue weighted by Gasteiger charge is -2.18. The van der Waals surface area contributed by atoms with Gasteiger partial charge in [0.1, 0.15) is 0 Å². The highest BCUT2D eigenvalue weighted by atomic mass is 16.5. The van der Waals surface area contributed by atoms with Gasteiger partial charge >= 0.3 is 6.09 Å². The molecule has 4 nitrogen and oxygen atoms in total. The Labute approximate surface area is 106 Å². The second kappa shape index (κ2) is 4.37. The van der Waals surface area contributed by atoms with Gasteiger partial charge in [-0.05, 0) is 18.1 Å². The van der Waals surface area contributed by atoms with Crippen LogP contribution in [-0.2, 0) is 17.6 Å². The molecule has 1 amide bonds. The Balaban J connectivity index is 1.93. The van der Waals surface area contributed by atoms with E-state index >= 15 is 0 Å². The molecule has 0 saturated carbocycles. The molecule has 18 heavy (non-hydrogen) atoms. The lowest BCUT2D eigenvalue weighted by atomic mass is 10.1. The number of aromatic nitrogens is 1. The number of benzene rings is 1. The highest BCUT2D eigenvalue weighted by Crippen LogP contribution is 2.25. The number of ether oxygens (including phenoxy) is 1. The van der Waals surface area contributed by atoms with E-state index in [1.165, 1.54) is 29.3 Å². The van der Waals surface area contributed by atoms with Crippen LogP contribution in [0.1, 0.15) is 11.3 Å². The minimum atomic E-state index is -0.232. The van der Waals surface area contributed by atoms with Crippen LogP contribution in [0, 0.1) is 0 Å². The van der Waals surface area contributed by atoms with Gasteiger partial charge in [0, 0.05) is 36.1 Å². The maximum atomic E-state index is 11.5. The Hall–Kier alpha value is -1.97. The van der Waals surface area contributed by atoms with E-state index in [0.29, 0.717) is 6.54 Å². The first kappa shape index (κ1) is 11.1. The van der Waals surface area contributed by atoms with Crippen LogP contribution in [0.15, 0.2) is 24.3 Å². The number of amides is 1. The Morgan fingerprint density at radius 3 is 2.89 bits per heavy atom. The van der Waals surface area contributed by atoms with Crippen molar-refractivity contribution in [2.45, 2.75) is 12.8 Å². The molecule has 1 aromatic carbocycles. The predicted molar refractivity (Wildman–Crippen MR) is 69.7 cm³/mol. The van der Waals surface area contributed by atoms with Crippen molar-refractivity contribution in [1.29, 1.82) is 0 Å². The minimum Gasteiger partial charge on any atom is -0.453 e. The third kappa shape index (κ3) is 1.74. The third-order valence-corrected chi connectivity index (χ3v) is 3.60. The number of methoxy groups -OCH3 is 1. The number of rotatable bonds is 0. The summed E-state index contributed by atoms with van der Waals surface area (Å²) >= 11 is 0. The van der Waals surface area contributed by atoms with Crippen molar-refractivity contribution in [3.05, 3.63) is 35.5 Å². The first-order valence-electron chi connectivity index (χ1n) is 6.21. The van der Waals surface area contributed by atoms with Crippen LogP contribution < -0.4 is 0 Å². The summed E-state index contributed by atoms with van der Waals surface area (Å²) in [5, 5.41) is 1.28. The zero-order chi connectivity index (χ0) is 12.5. The van der Waals surface area contributed by atoms with Crippen LogP contribution in [0.3, 0.4) is 0 Å². The van der Waals surface area contributed by atoms with Crippen molar-refractivity contribution in [3.63, 3.8) is 0 Å². The average molecular weight is 244 g/mol. The van der Waals surface area contributed by atoms with E-state index in [-0.39, 0.29) is 6.09 Å². The first-order chi connectivity index (χ1) is 8.79. The van der Waals surface area contributed by atoms with Crippen molar-refractivity contribution < 1.29 is 9.53 Å². The standard InChI is InChI=1S/C14H16N2O2/c1-18-14(17)16-8-6-11-10-4-2-3-5-12(10)15-13(11)7-9-16/h2-5,15H,6-9H2,1H3. The molecule has 0 unspecified atom stereocenters. The van der Waals surface area contributed by atoms with E-state index in [0.717, 1.165) is 19.4 Å². The molecule has 1 aromatic heterocycles. The zero-order valence-corrected chi connectivity index (χ0v) is 10.4. The molecule has 3 rings (SSSR count). The third-order valence-electron chi connectivity index (χ3n) is 3.60. The predicted octanol–water partition coefficient (Wildman–Crippen LogP) is 2.33. The summed E-state index contributed by atoms with van der Waals surface area (Å²) in [6, 6.07) is 8.33. The van der Waals surface area contributed by atoms with Gasteiger partial charge in [0.15, 0.2) is 0 Å². The van der Waals surface area contributed by atoms with Crippen LogP contribution in [0.25, 0.3) is 10.9 Å². The summed E-state index contributed by atoms with van der Waals surface area (Å²) in [4.78, 5) is 16.8. The molecule has 4 heteroatoms. The molecule has 2 aromatic rings. The fourth-order valence-corrected chi connectivity index (χ4v) is 2.67. The smallest absolute Gasteiger partial charge is 0.409 e. The number of H-pyrrole nitrogens is 1. The lowest BCUT2D eigenvalue weighted by molar-refractivity contribution is 0.125. The van der Waals surface area contributed by atoms with Gasteiger partial charge in [0.2, 0.25) is 0 Å². The second-order valence-electron chi connectivity index (χ2n) is 4.58. The number of carbonyl (C=O) groups excluding carboxylic acids is 1. The molecule has 0 spiro atoms. The van der Waals surface area contributed by atoms with E-state index in [2.05, 4.69) is 23.2 Å². The summed E-state index contributed by atoms with van der Waals surface area (Å²) in [5.41, 5.74) is 3.79. The fourth-order valence-electron chi connectivity index (χ4n) is 2.67. The zero-order valence-electron chi connectivity index (χ0n) is 10.4. The molecule has 1 aliphatic rings. The number of nitrogens with one attached hydrogen (secondary N) is 1. The summed E-state index contributed by atoms with van der Waals surface area (Å²) in [5.74, 6) is 0. The highest BCUT2D eigenvalue weighted by molar-refractivity contribution is 5.84. The molecule has 0 bridgehead atoms. The number of hydrogen-bond acceptors (Lipinski definition) is 2. The second-order valence-corrected chi connectivity index (χ2v) is 4.58. The Kier molecular flexibility index (Phi) is 2.70. The van der Waals surface area contributed by atoms with Gasteiger partial charge < -0.3 is 14.6 Å². The number of hydrogen-bond donors (Lipinski definition) is 1. The number of carbonyl (C=O) groups is 1. The van der Waals surface area contributed by atoms with Crippen LogP contribution in [0.2, 0.25) is 0 Å². The van der Waals surface area contributed by atoms with Gasteiger partial charge in [0.05, 0.1) is 7.11 Å². The van der Waals surface area contributed by atoms with E-state index in [1.807, 2.05) is 6.07 Å². The quantitative estimate of drug-likeness (QED) is 0.773. The van der Waals surface area contributed by atoms with E-state index in [1.54, 1.807) is 4.90 Å². The Morgan fingerprint density at radius 2 is 2.06 bits per heavy atom. The Bertz CT molecular complexity index is 588. The average Bonchev–Trinajstić information content (AvgIpc) is 2.63. The lowest BCUT2D eigenvalue weighted by Crippen LogP contribution is -2.33. The molecule has 1 aliphatic heterocycles. The van der Waals surface area contributed by atoms with Crippen molar-refractivity contribution in [1.82, 2.24) is 9.88 Å². The van der Waals surface area contributed by atoms with Gasteiger partial charge in [0.25, 0.3) is 0 Å². The Morgan fingerprint density at radius 1 is 1.28 bits per heavy atom. The molecule has 0 radical (unpaired) electrons. The van der Waals surface area contributed by atoms with Gasteiger partial charge in [-0.3, -0.25) is 0 Å². The van der Waals surface area contributed by atoms with Gasteiger partial charge in [-0.15, -0.1) is 0 Å². The maximum absolute atomic E-state index is 11.5. The van der Waals surface area contributed by atoms with Crippen LogP contribution in [-0.4, -0.2) is 36.2 Å². The summed E-state index contributed by atoms with van der Waals surface area (Å²) in [6.45, 7) is 1.44. The van der Waals surface area contributed by atoms with E-state index in [4.69, 9.17) is 4.74 Å². The molecule has 2 heterocycles. The maximum Gasteiger partial charge on any atom is 0.409 e. The molecule has 1 N–H and O–H groups in total. The van der Waals surface area contributed by atoms with E-state index < -0.39 is 0 Å². The van der Waals surface area contributed by atoms with Crippen LogP contribution in [0.4, 0.5) is 4.79 Å². The largest absolute Gasteiger partial charge is 0.453 e. The summed E-state index contributed by atoms with van der Waals surface area (Å²) < 4.78 is 4.78. The molecule has 0 fully saturated rings. The SMILES string of the molecule is COC(=O)N1CCc2[nH]c3ccccc3c2CC1. The molecular weight excluding hydrogens is 228 g/mol. The molecular formula is C14H16N2O2. The minimum absolute atomic E-state index is 0.232. The molecule has 0 aliphatic carbocycles.